The molecule has 1 saturated heterocycles. The van der Waals surface area contributed by atoms with Gasteiger partial charge in [-0.15, -0.1) is 0 Å². The van der Waals surface area contributed by atoms with E-state index in [1.807, 2.05) is 50.3 Å². The number of carbonyl (C=O) groups is 2. The van der Waals surface area contributed by atoms with E-state index in [-0.39, 0.29) is 16.2 Å². The highest BCUT2D eigenvalue weighted by atomic mass is 32.2. The van der Waals surface area contributed by atoms with E-state index in [9.17, 15) is 23.1 Å². The smallest absolute Gasteiger partial charge is 0.533 e. The predicted octanol–water partition coefficient (Wildman–Crippen LogP) is 4.64. The third-order valence-electron chi connectivity index (χ3n) is 7.45. The van der Waals surface area contributed by atoms with Gasteiger partial charge in [0.15, 0.2) is 0 Å². The second-order valence-corrected chi connectivity index (χ2v) is 15.8. The van der Waals surface area contributed by atoms with E-state index in [1.54, 1.807) is 18.2 Å². The number of sulfone groups is 1. The van der Waals surface area contributed by atoms with Gasteiger partial charge in [-0.2, -0.15) is 0 Å². The van der Waals surface area contributed by atoms with Crippen molar-refractivity contribution in [1.82, 2.24) is 0 Å². The first-order valence-corrected chi connectivity index (χ1v) is 17.5. The number of methoxy groups -OCH3 is 1. The van der Waals surface area contributed by atoms with Crippen LogP contribution in [0.15, 0.2) is 125 Å². The fourth-order valence-electron chi connectivity index (χ4n) is 4.86. The molecule has 0 radical (unpaired) electrons. The lowest BCUT2D eigenvalue weighted by Gasteiger charge is -2.25. The molecule has 2 heterocycles. The average Bonchev–Trinajstić information content (AvgIpc) is 3.35. The Morgan fingerprint density at radius 3 is 2.44 bits per heavy atom. The minimum absolute atomic E-state index is 0.116. The molecule has 1 unspecified atom stereocenters. The summed E-state index contributed by atoms with van der Waals surface area (Å²) in [5.41, 5.74) is 1.82. The minimum atomic E-state index is -4.42. The van der Waals surface area contributed by atoms with Gasteiger partial charge in [0.05, 0.1) is 23.1 Å². The zero-order valence-corrected chi connectivity index (χ0v) is 27.5. The van der Waals surface area contributed by atoms with Crippen LogP contribution in [-0.4, -0.2) is 52.5 Å². The van der Waals surface area contributed by atoms with Crippen LogP contribution in [0.3, 0.4) is 0 Å². The highest BCUT2D eigenvalue weighted by Crippen LogP contribution is 2.49. The van der Waals surface area contributed by atoms with E-state index < -0.39 is 33.8 Å². The monoisotopic (exact) mass is 674 g/mol. The molecule has 4 aromatic rings. The van der Waals surface area contributed by atoms with E-state index in [1.165, 1.54) is 61.5 Å². The van der Waals surface area contributed by atoms with E-state index >= 15 is 0 Å². The van der Waals surface area contributed by atoms with Crippen LogP contribution in [0.4, 0.5) is 0 Å². The molecule has 0 spiro atoms. The summed E-state index contributed by atoms with van der Waals surface area (Å²) in [5, 5.41) is 9.71. The number of carboxylic acid groups (broad SMARTS) is 1. The van der Waals surface area contributed by atoms with Gasteiger partial charge in [0.2, 0.25) is 14.8 Å². The molecule has 1 fully saturated rings. The van der Waals surface area contributed by atoms with Gasteiger partial charge in [-0.1, -0.05) is 77.7 Å². The van der Waals surface area contributed by atoms with Gasteiger partial charge in [-0.3, -0.25) is 0 Å². The van der Waals surface area contributed by atoms with Crippen LogP contribution in [0.5, 0.6) is 0 Å². The molecule has 8 nitrogen and oxygen atoms in total. The number of rotatable bonds is 7. The fourth-order valence-corrected chi connectivity index (χ4v) is 10.2. The molecule has 226 valence electrons. The van der Waals surface area contributed by atoms with E-state index in [2.05, 4.69) is 6.58 Å². The quantitative estimate of drug-likeness (QED) is 0.192. The molecule has 0 aromatic heterocycles. The first-order chi connectivity index (χ1) is 21.4. The number of benzene rings is 4. The SMILES string of the molecule is Bc1ccccc1Sc1ccc(C(=O)O)cc1S(=O)(=O)C1(C)OB(c2cccc3c2Sc2ccc(C(=O)OC)cc2S3)OC1=C. The molecule has 0 bridgehead atoms. The molecule has 2 aliphatic rings. The second kappa shape index (κ2) is 12.0. The number of carboxylic acids is 1. The minimum Gasteiger partial charge on any atom is -0.533 e. The predicted molar refractivity (Wildman–Crippen MR) is 177 cm³/mol. The second-order valence-electron chi connectivity index (χ2n) is 10.3. The summed E-state index contributed by atoms with van der Waals surface area (Å²) in [5.74, 6) is -1.80. The number of hydrogen-bond donors (Lipinski definition) is 1. The molecule has 4 aromatic carbocycles. The van der Waals surface area contributed by atoms with Gasteiger partial charge in [-0.05, 0) is 55.5 Å². The first-order valence-electron chi connectivity index (χ1n) is 13.5. The lowest BCUT2D eigenvalue weighted by Crippen LogP contribution is -2.41. The first kappa shape index (κ1) is 31.4. The van der Waals surface area contributed by atoms with Crippen LogP contribution in [0.2, 0.25) is 0 Å². The maximum atomic E-state index is 14.5. The Morgan fingerprint density at radius 2 is 1.71 bits per heavy atom. The van der Waals surface area contributed by atoms with Crippen LogP contribution in [0.1, 0.15) is 27.6 Å². The van der Waals surface area contributed by atoms with Crippen molar-refractivity contribution in [3.63, 3.8) is 0 Å². The number of hydrogen-bond acceptors (Lipinski definition) is 10. The number of aromatic carboxylic acids is 1. The van der Waals surface area contributed by atoms with Crippen molar-refractivity contribution in [1.29, 1.82) is 0 Å². The summed E-state index contributed by atoms with van der Waals surface area (Å²) in [4.78, 5) is 26.4. The molecule has 14 heteroatoms. The molecule has 0 aliphatic carbocycles. The normalized spacial score (nSPS) is 17.3. The Bertz CT molecular complexity index is 2020. The van der Waals surface area contributed by atoms with Gasteiger partial charge in [0, 0.05) is 34.8 Å². The lowest BCUT2D eigenvalue weighted by atomic mass is 9.79. The van der Waals surface area contributed by atoms with Crippen molar-refractivity contribution in [2.45, 2.75) is 46.1 Å². The van der Waals surface area contributed by atoms with Crippen molar-refractivity contribution in [3.05, 3.63) is 102 Å². The van der Waals surface area contributed by atoms with Gasteiger partial charge >= 0.3 is 19.1 Å². The molecule has 6 rings (SSSR count). The van der Waals surface area contributed by atoms with Crippen LogP contribution >= 0.6 is 35.3 Å². The zero-order chi connectivity index (χ0) is 32.1. The van der Waals surface area contributed by atoms with Crippen molar-refractivity contribution in [2.75, 3.05) is 7.11 Å². The molecule has 1 N–H and O–H groups in total. The standard InChI is InChI=1S/C31H24B2O8S4/c1-17-31(2,45(37,38)27-16-18(29(34)35)11-14-24(27)42-22-9-5-4-7-20(22)32)41-33(40-17)21-8-6-10-25-28(21)44-23-13-12-19(30(36)39-3)15-26(23)43-25/h4-16H,1,32H2,2-3H3,(H,34,35). The van der Waals surface area contributed by atoms with Crippen molar-refractivity contribution >= 4 is 83.0 Å². The summed E-state index contributed by atoms with van der Waals surface area (Å²) in [6.45, 7) is 5.31. The van der Waals surface area contributed by atoms with Crippen LogP contribution < -0.4 is 10.9 Å². The topological polar surface area (TPSA) is 116 Å². The third-order valence-corrected chi connectivity index (χ3v) is 13.7. The van der Waals surface area contributed by atoms with Crippen LogP contribution in [0, 0.1) is 0 Å². The third kappa shape index (κ3) is 5.59. The molecule has 1 atom stereocenters. The highest BCUT2D eigenvalue weighted by molar-refractivity contribution is 8.05. The van der Waals surface area contributed by atoms with Gasteiger partial charge in [0.1, 0.15) is 13.6 Å². The summed E-state index contributed by atoms with van der Waals surface area (Å²) < 4.78 is 46.1. The van der Waals surface area contributed by atoms with Gasteiger partial charge < -0.3 is 19.2 Å². The Labute approximate surface area is 274 Å². The van der Waals surface area contributed by atoms with Crippen molar-refractivity contribution in [2.24, 2.45) is 0 Å². The highest BCUT2D eigenvalue weighted by Gasteiger charge is 2.56. The number of ether oxygens (including phenoxy) is 1. The number of fused-ring (bicyclic) bond motifs is 2. The van der Waals surface area contributed by atoms with E-state index in [0.29, 0.717) is 15.9 Å². The summed E-state index contributed by atoms with van der Waals surface area (Å²) in [7, 11) is -2.28. The zero-order valence-electron chi connectivity index (χ0n) is 24.2. The van der Waals surface area contributed by atoms with Crippen molar-refractivity contribution in [3.8, 4) is 0 Å². The molecule has 2 aliphatic heterocycles. The maximum absolute atomic E-state index is 14.5. The summed E-state index contributed by atoms with van der Waals surface area (Å²) in [6, 6.07) is 22.4. The van der Waals surface area contributed by atoms with E-state index in [0.717, 1.165) is 36.0 Å². The molecule has 0 amide bonds. The van der Waals surface area contributed by atoms with Crippen molar-refractivity contribution < 1.29 is 37.2 Å². The molecular formula is C31H24B2O8S4. The Kier molecular flexibility index (Phi) is 8.38. The Hall–Kier alpha value is -3.55. The lowest BCUT2D eigenvalue weighted by molar-refractivity contribution is 0.0599. The Balaban J connectivity index is 1.36. The largest absolute Gasteiger partial charge is 0.565 e. The van der Waals surface area contributed by atoms with Crippen LogP contribution in [-0.2, 0) is 23.9 Å². The molecular weight excluding hydrogens is 650 g/mol. The fraction of sp³-hybridized carbons (Fsp3) is 0.0968. The van der Waals surface area contributed by atoms with Gasteiger partial charge in [0.25, 0.3) is 0 Å². The Morgan fingerprint density at radius 1 is 0.956 bits per heavy atom. The number of carbonyl (C=O) groups excluding carboxylic acids is 1. The molecule has 45 heavy (non-hydrogen) atoms. The molecule has 0 saturated carbocycles. The summed E-state index contributed by atoms with van der Waals surface area (Å²) >= 11 is 4.16. The van der Waals surface area contributed by atoms with E-state index in [4.69, 9.17) is 14.0 Å². The maximum Gasteiger partial charge on any atom is 0.565 e. The summed E-state index contributed by atoms with van der Waals surface area (Å²) in [6.07, 6.45) is 0. The van der Waals surface area contributed by atoms with Crippen LogP contribution in [0.25, 0.3) is 0 Å². The van der Waals surface area contributed by atoms with Gasteiger partial charge in [-0.25, -0.2) is 18.0 Å². The number of esters is 1. The average molecular weight is 674 g/mol.